The topological polar surface area (TPSA) is 49.4 Å². The predicted molar refractivity (Wildman–Crippen MR) is 53.7 cm³/mol. The first kappa shape index (κ1) is 8.74. The van der Waals surface area contributed by atoms with Crippen LogP contribution in [0, 0.1) is 0 Å². The van der Waals surface area contributed by atoms with Gasteiger partial charge in [0.05, 0.1) is 17.9 Å². The molecule has 0 spiro atoms. The van der Waals surface area contributed by atoms with Crippen molar-refractivity contribution in [1.29, 1.82) is 0 Å². The van der Waals surface area contributed by atoms with E-state index < -0.39 is 0 Å². The van der Waals surface area contributed by atoms with Crippen molar-refractivity contribution in [3.05, 3.63) is 23.8 Å². The molecule has 1 N–H and O–H groups in total. The van der Waals surface area contributed by atoms with Crippen molar-refractivity contribution in [2.75, 3.05) is 23.8 Å². The summed E-state index contributed by atoms with van der Waals surface area (Å²) < 4.78 is 0. The molecule has 1 aliphatic rings. The Kier molecular flexibility index (Phi) is 1.96. The summed E-state index contributed by atoms with van der Waals surface area (Å²) >= 11 is 0. The summed E-state index contributed by atoms with van der Waals surface area (Å²) in [6.07, 6.45) is 0.765. The molecule has 1 heterocycles. The first-order valence-electron chi connectivity index (χ1n) is 4.31. The molecule has 0 fully saturated rings. The van der Waals surface area contributed by atoms with Gasteiger partial charge < -0.3 is 10.2 Å². The smallest absolute Gasteiger partial charge is 0.243 e. The fraction of sp³-hybridized carbons (Fsp3) is 0.200. The van der Waals surface area contributed by atoms with Crippen molar-refractivity contribution in [2.24, 2.45) is 0 Å². The highest BCUT2D eigenvalue weighted by atomic mass is 16.2. The molecule has 4 nitrogen and oxygen atoms in total. The van der Waals surface area contributed by atoms with Gasteiger partial charge in [-0.25, -0.2) is 0 Å². The van der Waals surface area contributed by atoms with Gasteiger partial charge >= 0.3 is 0 Å². The van der Waals surface area contributed by atoms with Crippen molar-refractivity contribution >= 4 is 23.6 Å². The number of likely N-dealkylation sites (N-methyl/N-ethyl adjacent to an activating group) is 1. The Morgan fingerprint density at radius 2 is 2.29 bits per heavy atom. The number of amides is 1. The van der Waals surface area contributed by atoms with E-state index in [1.54, 1.807) is 12.1 Å². The van der Waals surface area contributed by atoms with Gasteiger partial charge in [0, 0.05) is 12.6 Å². The average molecular weight is 190 g/mol. The number of rotatable bonds is 1. The lowest BCUT2D eigenvalue weighted by molar-refractivity contribution is -0.115. The lowest BCUT2D eigenvalue weighted by Crippen LogP contribution is -2.35. The quantitative estimate of drug-likeness (QED) is 0.669. The van der Waals surface area contributed by atoms with Gasteiger partial charge in [-0.15, -0.1) is 0 Å². The standard InChI is InChI=1S/C10H10N2O2/c1-12-5-10(14)11-8-4-7(6-13)2-3-9(8)12/h2-4,6H,5H2,1H3,(H,11,14). The number of carbonyl (C=O) groups is 2. The van der Waals surface area contributed by atoms with E-state index >= 15 is 0 Å². The van der Waals surface area contributed by atoms with Gasteiger partial charge in [-0.05, 0) is 18.2 Å². The number of hydrogen-bond donors (Lipinski definition) is 1. The minimum Gasteiger partial charge on any atom is -0.364 e. The Labute approximate surface area is 81.5 Å². The number of fused-ring (bicyclic) bond motifs is 1. The second-order valence-corrected chi connectivity index (χ2v) is 3.30. The minimum atomic E-state index is -0.0527. The lowest BCUT2D eigenvalue weighted by Gasteiger charge is -2.27. The van der Waals surface area contributed by atoms with Gasteiger partial charge in [0.2, 0.25) is 5.91 Å². The van der Waals surface area contributed by atoms with Gasteiger partial charge in [-0.1, -0.05) is 0 Å². The van der Waals surface area contributed by atoms with Crippen LogP contribution in [0.25, 0.3) is 0 Å². The summed E-state index contributed by atoms with van der Waals surface area (Å²) in [7, 11) is 1.85. The van der Waals surface area contributed by atoms with Gasteiger partial charge in [-0.2, -0.15) is 0 Å². The van der Waals surface area contributed by atoms with E-state index in [1.165, 1.54) is 0 Å². The molecule has 0 aliphatic carbocycles. The minimum absolute atomic E-state index is 0.0527. The second-order valence-electron chi connectivity index (χ2n) is 3.30. The van der Waals surface area contributed by atoms with Crippen molar-refractivity contribution in [2.45, 2.75) is 0 Å². The van der Waals surface area contributed by atoms with E-state index in [9.17, 15) is 9.59 Å². The van der Waals surface area contributed by atoms with Crippen LogP contribution in [0.2, 0.25) is 0 Å². The molecule has 0 bridgehead atoms. The summed E-state index contributed by atoms with van der Waals surface area (Å²) in [5.74, 6) is -0.0527. The first-order valence-corrected chi connectivity index (χ1v) is 4.31. The Morgan fingerprint density at radius 1 is 1.50 bits per heavy atom. The SMILES string of the molecule is CN1CC(=O)Nc2cc(C=O)ccc21. The lowest BCUT2D eigenvalue weighted by atomic mass is 10.1. The summed E-state index contributed by atoms with van der Waals surface area (Å²) in [5.41, 5.74) is 2.21. The van der Waals surface area contributed by atoms with Crippen molar-refractivity contribution in [3.8, 4) is 0 Å². The Balaban J connectivity index is 2.48. The normalized spacial score (nSPS) is 14.6. The van der Waals surface area contributed by atoms with Gasteiger partial charge in [0.25, 0.3) is 0 Å². The van der Waals surface area contributed by atoms with Crippen LogP contribution in [0.1, 0.15) is 10.4 Å². The van der Waals surface area contributed by atoms with Crippen LogP contribution in [-0.4, -0.2) is 25.8 Å². The highest BCUT2D eigenvalue weighted by molar-refractivity contribution is 6.01. The van der Waals surface area contributed by atoms with Crippen LogP contribution in [-0.2, 0) is 4.79 Å². The second kappa shape index (κ2) is 3.14. The maximum absolute atomic E-state index is 11.2. The third kappa shape index (κ3) is 1.35. The average Bonchev–Trinajstić information content (AvgIpc) is 2.16. The van der Waals surface area contributed by atoms with E-state index in [1.807, 2.05) is 18.0 Å². The molecule has 0 atom stereocenters. The van der Waals surface area contributed by atoms with Crippen LogP contribution < -0.4 is 10.2 Å². The van der Waals surface area contributed by atoms with Gasteiger partial charge in [0.15, 0.2) is 0 Å². The maximum atomic E-state index is 11.2. The number of benzene rings is 1. The number of nitrogens with one attached hydrogen (secondary N) is 1. The van der Waals surface area contributed by atoms with Gasteiger partial charge in [-0.3, -0.25) is 9.59 Å². The summed E-state index contributed by atoms with van der Waals surface area (Å²) in [5, 5.41) is 2.73. The number of aldehydes is 1. The van der Waals surface area contributed by atoms with Crippen LogP contribution >= 0.6 is 0 Å². The van der Waals surface area contributed by atoms with Crippen LogP contribution in [0.5, 0.6) is 0 Å². The fourth-order valence-electron chi connectivity index (χ4n) is 1.55. The molecule has 0 unspecified atom stereocenters. The van der Waals surface area contributed by atoms with Gasteiger partial charge in [0.1, 0.15) is 6.29 Å². The highest BCUT2D eigenvalue weighted by Gasteiger charge is 2.18. The largest absolute Gasteiger partial charge is 0.364 e. The zero-order valence-corrected chi connectivity index (χ0v) is 7.78. The Bertz CT molecular complexity index is 401. The van der Waals surface area contributed by atoms with Crippen LogP contribution in [0.3, 0.4) is 0 Å². The first-order chi connectivity index (χ1) is 6.70. The molecular formula is C10H10N2O2. The van der Waals surface area contributed by atoms with Crippen molar-refractivity contribution in [1.82, 2.24) is 0 Å². The highest BCUT2D eigenvalue weighted by Crippen LogP contribution is 2.28. The molecule has 4 heteroatoms. The fourth-order valence-corrected chi connectivity index (χ4v) is 1.55. The maximum Gasteiger partial charge on any atom is 0.243 e. The van der Waals surface area contributed by atoms with E-state index in [-0.39, 0.29) is 5.91 Å². The molecule has 72 valence electrons. The molecule has 1 amide bonds. The number of hydrogen-bond acceptors (Lipinski definition) is 3. The molecule has 1 aromatic rings. The zero-order chi connectivity index (χ0) is 10.1. The number of anilines is 2. The molecule has 0 saturated carbocycles. The third-order valence-corrected chi connectivity index (χ3v) is 2.22. The molecule has 2 rings (SSSR count). The Hall–Kier alpha value is -1.84. The molecule has 1 aromatic carbocycles. The number of nitrogens with zero attached hydrogens (tertiary/aromatic N) is 1. The van der Waals surface area contributed by atoms with Crippen molar-refractivity contribution in [3.63, 3.8) is 0 Å². The van der Waals surface area contributed by atoms with E-state index in [2.05, 4.69) is 5.32 Å². The van der Waals surface area contributed by atoms with E-state index in [4.69, 9.17) is 0 Å². The molecule has 0 radical (unpaired) electrons. The molecule has 14 heavy (non-hydrogen) atoms. The van der Waals surface area contributed by atoms with Crippen LogP contribution in [0.4, 0.5) is 11.4 Å². The molecule has 0 saturated heterocycles. The Morgan fingerprint density at radius 3 is 3.00 bits per heavy atom. The predicted octanol–water partition coefficient (Wildman–Crippen LogP) is 0.887. The summed E-state index contributed by atoms with van der Waals surface area (Å²) in [4.78, 5) is 23.6. The summed E-state index contributed by atoms with van der Waals surface area (Å²) in [6, 6.07) is 5.24. The molecule has 1 aliphatic heterocycles. The van der Waals surface area contributed by atoms with E-state index in [0.717, 1.165) is 12.0 Å². The molecular weight excluding hydrogens is 180 g/mol. The monoisotopic (exact) mass is 190 g/mol. The van der Waals surface area contributed by atoms with E-state index in [0.29, 0.717) is 17.8 Å². The van der Waals surface area contributed by atoms with Crippen LogP contribution in [0.15, 0.2) is 18.2 Å². The third-order valence-electron chi connectivity index (χ3n) is 2.22. The zero-order valence-electron chi connectivity index (χ0n) is 7.78. The number of carbonyl (C=O) groups excluding carboxylic acids is 2. The summed E-state index contributed by atoms with van der Waals surface area (Å²) in [6.45, 7) is 0.355. The van der Waals surface area contributed by atoms with Crippen molar-refractivity contribution < 1.29 is 9.59 Å². The molecule has 0 aromatic heterocycles.